The molecule has 1 aromatic heterocycles. The molecule has 0 amide bonds. The lowest BCUT2D eigenvalue weighted by Gasteiger charge is -2.07. The number of rotatable bonds is 2. The van der Waals surface area contributed by atoms with Crippen LogP contribution in [0.25, 0.3) is 11.0 Å². The second-order valence-corrected chi connectivity index (χ2v) is 3.84. The van der Waals surface area contributed by atoms with Crippen molar-refractivity contribution in [3.63, 3.8) is 0 Å². The third-order valence-electron chi connectivity index (χ3n) is 2.69. The highest BCUT2D eigenvalue weighted by Gasteiger charge is 2.15. The number of Topliss-reactive ketones (excluding diaryl/α,β-unsaturated/α-hetero) is 1. The van der Waals surface area contributed by atoms with Crippen LogP contribution in [0.15, 0.2) is 39.5 Å². The Morgan fingerprint density at radius 3 is 2.69 bits per heavy atom. The van der Waals surface area contributed by atoms with Gasteiger partial charge >= 0.3 is 0 Å². The third-order valence-corrected chi connectivity index (χ3v) is 2.69. The average molecular weight is 216 g/mol. The number of benzene rings is 1. The molecule has 0 bridgehead atoms. The molecule has 0 saturated heterocycles. The van der Waals surface area contributed by atoms with E-state index in [9.17, 15) is 9.59 Å². The predicted octanol–water partition coefficient (Wildman–Crippen LogP) is 2.49. The Balaban J connectivity index is 2.67. The van der Waals surface area contributed by atoms with Crippen molar-refractivity contribution in [1.82, 2.24) is 0 Å². The van der Waals surface area contributed by atoms with E-state index in [1.54, 1.807) is 31.2 Å². The fraction of sp³-hybridized carbons (Fsp3) is 0.231. The van der Waals surface area contributed by atoms with Crippen LogP contribution in [0.5, 0.6) is 0 Å². The Morgan fingerprint density at radius 1 is 1.31 bits per heavy atom. The maximum Gasteiger partial charge on any atom is 0.192 e. The molecular formula is C13H12O3. The highest BCUT2D eigenvalue weighted by Crippen LogP contribution is 2.19. The Morgan fingerprint density at radius 2 is 2.00 bits per heavy atom. The van der Waals surface area contributed by atoms with Crippen molar-refractivity contribution in [2.24, 2.45) is 0 Å². The van der Waals surface area contributed by atoms with Crippen LogP contribution in [0, 0.1) is 0 Å². The van der Waals surface area contributed by atoms with Gasteiger partial charge in [-0.05, 0) is 26.0 Å². The van der Waals surface area contributed by atoms with E-state index < -0.39 is 0 Å². The monoisotopic (exact) mass is 216 g/mol. The molecule has 1 unspecified atom stereocenters. The van der Waals surface area contributed by atoms with Gasteiger partial charge in [0.2, 0.25) is 0 Å². The van der Waals surface area contributed by atoms with E-state index in [1.807, 2.05) is 0 Å². The van der Waals surface area contributed by atoms with Crippen LogP contribution in [-0.4, -0.2) is 5.78 Å². The molecule has 0 saturated carbocycles. The minimum Gasteiger partial charge on any atom is -0.460 e. The van der Waals surface area contributed by atoms with Crippen molar-refractivity contribution in [1.29, 1.82) is 0 Å². The minimum absolute atomic E-state index is 0.0153. The summed E-state index contributed by atoms with van der Waals surface area (Å²) in [6.45, 7) is 3.22. The van der Waals surface area contributed by atoms with Gasteiger partial charge in [0.1, 0.15) is 17.1 Å². The number of carbonyl (C=O) groups is 1. The molecule has 3 nitrogen and oxygen atoms in total. The molecule has 2 rings (SSSR count). The second-order valence-electron chi connectivity index (χ2n) is 3.84. The van der Waals surface area contributed by atoms with E-state index in [0.29, 0.717) is 16.7 Å². The number of carbonyl (C=O) groups excluding carboxylic acids is 1. The minimum atomic E-state index is -0.377. The highest BCUT2D eigenvalue weighted by molar-refractivity contribution is 5.83. The SMILES string of the molecule is CC(=O)C(C)c1cc(=O)c2ccccc2o1. The summed E-state index contributed by atoms with van der Waals surface area (Å²) in [6, 6.07) is 8.42. The Bertz CT molecular complexity index is 595. The summed E-state index contributed by atoms with van der Waals surface area (Å²) in [4.78, 5) is 23.0. The molecule has 0 aliphatic heterocycles. The topological polar surface area (TPSA) is 47.3 Å². The Kier molecular flexibility index (Phi) is 2.60. The first-order valence-corrected chi connectivity index (χ1v) is 5.13. The van der Waals surface area contributed by atoms with Gasteiger partial charge in [-0.1, -0.05) is 12.1 Å². The number of hydrogen-bond acceptors (Lipinski definition) is 3. The molecule has 0 radical (unpaired) electrons. The van der Waals surface area contributed by atoms with Crippen molar-refractivity contribution < 1.29 is 9.21 Å². The Labute approximate surface area is 92.7 Å². The number of ketones is 1. The van der Waals surface area contributed by atoms with Gasteiger partial charge < -0.3 is 4.42 Å². The maximum atomic E-state index is 11.8. The fourth-order valence-electron chi connectivity index (χ4n) is 1.54. The van der Waals surface area contributed by atoms with E-state index in [4.69, 9.17) is 4.42 Å². The molecule has 3 heteroatoms. The molecule has 0 spiro atoms. The molecule has 1 atom stereocenters. The zero-order valence-electron chi connectivity index (χ0n) is 9.19. The molecule has 1 heterocycles. The van der Waals surface area contributed by atoms with E-state index in [0.717, 1.165) is 0 Å². The van der Waals surface area contributed by atoms with Crippen molar-refractivity contribution in [2.75, 3.05) is 0 Å². The molecule has 16 heavy (non-hydrogen) atoms. The summed E-state index contributed by atoms with van der Waals surface area (Å²) < 4.78 is 5.54. The van der Waals surface area contributed by atoms with Gasteiger partial charge in [0.05, 0.1) is 11.3 Å². The fourth-order valence-corrected chi connectivity index (χ4v) is 1.54. The van der Waals surface area contributed by atoms with Crippen LogP contribution < -0.4 is 5.43 Å². The molecule has 0 aliphatic carbocycles. The normalized spacial score (nSPS) is 12.6. The maximum absolute atomic E-state index is 11.8. The van der Waals surface area contributed by atoms with Crippen molar-refractivity contribution in [2.45, 2.75) is 19.8 Å². The zero-order chi connectivity index (χ0) is 11.7. The molecular weight excluding hydrogens is 204 g/mol. The molecule has 0 N–H and O–H groups in total. The smallest absolute Gasteiger partial charge is 0.192 e. The van der Waals surface area contributed by atoms with Gasteiger partial charge in [0.15, 0.2) is 5.43 Å². The van der Waals surface area contributed by atoms with Gasteiger partial charge in [0.25, 0.3) is 0 Å². The second kappa shape index (κ2) is 3.93. The standard InChI is InChI=1S/C13H12O3/c1-8(9(2)14)13-7-11(15)10-5-3-4-6-12(10)16-13/h3-8H,1-2H3. The summed E-state index contributed by atoms with van der Waals surface area (Å²) >= 11 is 0. The number of hydrogen-bond donors (Lipinski definition) is 0. The van der Waals surface area contributed by atoms with E-state index in [-0.39, 0.29) is 17.1 Å². The van der Waals surface area contributed by atoms with Gasteiger partial charge in [-0.25, -0.2) is 0 Å². The molecule has 2 aromatic rings. The van der Waals surface area contributed by atoms with Crippen LogP contribution in [0.1, 0.15) is 25.5 Å². The zero-order valence-corrected chi connectivity index (χ0v) is 9.19. The van der Waals surface area contributed by atoms with Gasteiger partial charge in [-0.2, -0.15) is 0 Å². The van der Waals surface area contributed by atoms with Crippen molar-refractivity contribution >= 4 is 16.8 Å². The first kappa shape index (κ1) is 10.6. The van der Waals surface area contributed by atoms with Crippen LogP contribution in [-0.2, 0) is 4.79 Å². The van der Waals surface area contributed by atoms with Gasteiger partial charge in [-0.15, -0.1) is 0 Å². The van der Waals surface area contributed by atoms with E-state index in [2.05, 4.69) is 0 Å². The van der Waals surface area contributed by atoms with E-state index in [1.165, 1.54) is 13.0 Å². The molecule has 0 fully saturated rings. The van der Waals surface area contributed by atoms with Crippen LogP contribution in [0.2, 0.25) is 0 Å². The number of para-hydroxylation sites is 1. The lowest BCUT2D eigenvalue weighted by atomic mass is 10.0. The highest BCUT2D eigenvalue weighted by atomic mass is 16.3. The van der Waals surface area contributed by atoms with Crippen molar-refractivity contribution in [3.8, 4) is 0 Å². The Hall–Kier alpha value is -1.90. The first-order chi connectivity index (χ1) is 7.59. The first-order valence-electron chi connectivity index (χ1n) is 5.13. The van der Waals surface area contributed by atoms with Gasteiger partial charge in [-0.3, -0.25) is 9.59 Å². The lowest BCUT2D eigenvalue weighted by Crippen LogP contribution is -2.09. The molecule has 1 aromatic carbocycles. The lowest BCUT2D eigenvalue weighted by molar-refractivity contribution is -0.118. The predicted molar refractivity (Wildman–Crippen MR) is 61.6 cm³/mol. The molecule has 82 valence electrons. The third kappa shape index (κ3) is 1.76. The van der Waals surface area contributed by atoms with Crippen LogP contribution in [0.4, 0.5) is 0 Å². The average Bonchev–Trinajstić information content (AvgIpc) is 2.28. The van der Waals surface area contributed by atoms with Crippen LogP contribution in [0.3, 0.4) is 0 Å². The summed E-state index contributed by atoms with van der Waals surface area (Å²) in [5, 5.41) is 0.544. The van der Waals surface area contributed by atoms with Crippen molar-refractivity contribution in [3.05, 3.63) is 46.3 Å². The quantitative estimate of drug-likeness (QED) is 0.774. The van der Waals surface area contributed by atoms with E-state index >= 15 is 0 Å². The van der Waals surface area contributed by atoms with Gasteiger partial charge in [0, 0.05) is 6.07 Å². The summed E-state index contributed by atoms with van der Waals surface area (Å²) in [6.07, 6.45) is 0. The summed E-state index contributed by atoms with van der Waals surface area (Å²) in [7, 11) is 0. The molecule has 0 aliphatic rings. The summed E-state index contributed by atoms with van der Waals surface area (Å²) in [5.41, 5.74) is 0.419. The number of fused-ring (bicyclic) bond motifs is 1. The summed E-state index contributed by atoms with van der Waals surface area (Å²) in [5.74, 6) is 0.0342. The van der Waals surface area contributed by atoms with Crippen LogP contribution >= 0.6 is 0 Å². The largest absolute Gasteiger partial charge is 0.460 e.